The number of aliphatic imine (C=N–C) groups is 1. The number of rotatable bonds is 8. The fourth-order valence-corrected chi connectivity index (χ4v) is 2.74. The Bertz CT molecular complexity index is 705. The predicted octanol–water partition coefficient (Wildman–Crippen LogP) is 3.20. The number of nitrogens with zero attached hydrogens (tertiary/aromatic N) is 1. The van der Waals surface area contributed by atoms with Gasteiger partial charge in [0, 0.05) is 31.9 Å². The molecule has 1 aliphatic heterocycles. The number of nitrogens with one attached hydrogen (secondary N) is 2. The molecule has 5 nitrogen and oxygen atoms in total. The first-order chi connectivity index (χ1) is 14.0. The van der Waals surface area contributed by atoms with Crippen LogP contribution in [0.5, 0.6) is 0 Å². The van der Waals surface area contributed by atoms with E-state index in [1.807, 2.05) is 6.92 Å². The predicted molar refractivity (Wildman–Crippen MR) is 107 cm³/mol. The van der Waals surface area contributed by atoms with E-state index < -0.39 is 11.7 Å². The fourth-order valence-electron chi connectivity index (χ4n) is 2.74. The lowest BCUT2D eigenvalue weighted by atomic mass is 10.1. The lowest BCUT2D eigenvalue weighted by Crippen LogP contribution is -2.37. The van der Waals surface area contributed by atoms with Crippen molar-refractivity contribution in [3.63, 3.8) is 0 Å². The highest BCUT2D eigenvalue weighted by molar-refractivity contribution is 5.80. The molecular weight excluding hydrogens is 383 g/mol. The zero-order valence-electron chi connectivity index (χ0n) is 16.6. The normalized spacial score (nSPS) is 17.0. The Morgan fingerprint density at radius 2 is 2.21 bits per heavy atom. The molecule has 1 saturated heterocycles. The lowest BCUT2D eigenvalue weighted by molar-refractivity contribution is -0.137. The van der Waals surface area contributed by atoms with Gasteiger partial charge in [-0.15, -0.1) is 0 Å². The van der Waals surface area contributed by atoms with Crippen molar-refractivity contribution in [2.45, 2.75) is 38.5 Å². The van der Waals surface area contributed by atoms with E-state index in [0.29, 0.717) is 37.8 Å². The van der Waals surface area contributed by atoms with Gasteiger partial charge in [0.15, 0.2) is 5.96 Å². The monoisotopic (exact) mass is 411 g/mol. The van der Waals surface area contributed by atoms with Crippen LogP contribution in [0.4, 0.5) is 13.2 Å². The minimum absolute atomic E-state index is 0.230. The molecule has 0 bridgehead atoms. The number of ether oxygens (including phenoxy) is 2. The Hall–Kier alpha value is -2.24. The molecule has 1 unspecified atom stereocenters. The Balaban J connectivity index is 1.71. The van der Waals surface area contributed by atoms with Gasteiger partial charge in [0.05, 0.1) is 24.8 Å². The van der Waals surface area contributed by atoms with E-state index in [1.165, 1.54) is 6.07 Å². The van der Waals surface area contributed by atoms with Gasteiger partial charge in [-0.25, -0.2) is 0 Å². The zero-order valence-corrected chi connectivity index (χ0v) is 16.6. The van der Waals surface area contributed by atoms with Crippen molar-refractivity contribution in [3.8, 4) is 11.8 Å². The van der Waals surface area contributed by atoms with Crippen molar-refractivity contribution in [1.82, 2.24) is 10.6 Å². The first-order valence-electron chi connectivity index (χ1n) is 9.86. The van der Waals surface area contributed by atoms with Crippen molar-refractivity contribution >= 4 is 5.96 Å². The quantitative estimate of drug-likeness (QED) is 0.299. The van der Waals surface area contributed by atoms with Gasteiger partial charge in [0.25, 0.3) is 0 Å². The lowest BCUT2D eigenvalue weighted by Gasteiger charge is -2.10. The summed E-state index contributed by atoms with van der Waals surface area (Å²) < 4.78 is 49.3. The largest absolute Gasteiger partial charge is 0.416 e. The molecule has 160 valence electrons. The van der Waals surface area contributed by atoms with Crippen LogP contribution in [0.25, 0.3) is 0 Å². The molecular formula is C21H28F3N3O2. The smallest absolute Gasteiger partial charge is 0.379 e. The van der Waals surface area contributed by atoms with Crippen LogP contribution in [0.2, 0.25) is 0 Å². The zero-order chi connectivity index (χ0) is 21.0. The molecule has 1 aromatic rings. The highest BCUT2D eigenvalue weighted by atomic mass is 19.4. The standard InChI is InChI=1S/C21H28F3N3O2/c1-2-25-20(27-12-6-13-28-16-19-10-5-14-29-19)26-11-4-8-17-7-3-9-18(15-17)21(22,23)24/h3,7,9,15,19H,2,5-6,10-14,16H2,1H3,(H2,25,26,27). The van der Waals surface area contributed by atoms with Crippen LogP contribution >= 0.6 is 0 Å². The van der Waals surface area contributed by atoms with E-state index in [-0.39, 0.29) is 12.6 Å². The highest BCUT2D eigenvalue weighted by Crippen LogP contribution is 2.29. The summed E-state index contributed by atoms with van der Waals surface area (Å²) in [5.41, 5.74) is -0.374. The maximum Gasteiger partial charge on any atom is 0.416 e. The van der Waals surface area contributed by atoms with Crippen molar-refractivity contribution in [2.75, 3.05) is 39.5 Å². The van der Waals surface area contributed by atoms with Crippen molar-refractivity contribution in [3.05, 3.63) is 35.4 Å². The molecule has 0 aliphatic carbocycles. The summed E-state index contributed by atoms with van der Waals surface area (Å²) in [4.78, 5) is 4.44. The Labute approximate surface area is 170 Å². The van der Waals surface area contributed by atoms with Gasteiger partial charge in [-0.1, -0.05) is 17.9 Å². The average Bonchev–Trinajstić information content (AvgIpc) is 3.21. The maximum absolute atomic E-state index is 12.7. The second kappa shape index (κ2) is 12.3. The first kappa shape index (κ1) is 23.0. The molecule has 8 heteroatoms. The Kier molecular flexibility index (Phi) is 9.81. The second-order valence-electron chi connectivity index (χ2n) is 6.56. The SMILES string of the molecule is CCNC(=NCCCOCC1CCCO1)NCC#Cc1cccc(C(F)(F)F)c1. The summed E-state index contributed by atoms with van der Waals surface area (Å²) in [7, 11) is 0. The number of hydrogen-bond acceptors (Lipinski definition) is 3. The third-order valence-corrected chi connectivity index (χ3v) is 4.16. The number of benzene rings is 1. The van der Waals surface area contributed by atoms with Crippen molar-refractivity contribution in [1.29, 1.82) is 0 Å². The van der Waals surface area contributed by atoms with Crippen LogP contribution in [0.3, 0.4) is 0 Å². The fraction of sp³-hybridized carbons (Fsp3) is 0.571. The van der Waals surface area contributed by atoms with Crippen LogP contribution in [0, 0.1) is 11.8 Å². The van der Waals surface area contributed by atoms with Crippen LogP contribution in [-0.4, -0.2) is 51.5 Å². The average molecular weight is 411 g/mol. The molecule has 1 heterocycles. The molecule has 0 aromatic heterocycles. The summed E-state index contributed by atoms with van der Waals surface area (Å²) in [5.74, 6) is 6.18. The van der Waals surface area contributed by atoms with Crippen LogP contribution < -0.4 is 10.6 Å². The number of hydrogen-bond donors (Lipinski definition) is 2. The maximum atomic E-state index is 12.7. The molecule has 0 radical (unpaired) electrons. The van der Waals surface area contributed by atoms with Gasteiger partial charge in [-0.05, 0) is 44.4 Å². The minimum Gasteiger partial charge on any atom is -0.379 e. The van der Waals surface area contributed by atoms with Crippen molar-refractivity contribution < 1.29 is 22.6 Å². The molecule has 1 atom stereocenters. The number of halogens is 3. The minimum atomic E-state index is -4.37. The van der Waals surface area contributed by atoms with Crippen LogP contribution in [-0.2, 0) is 15.7 Å². The summed E-state index contributed by atoms with van der Waals surface area (Å²) in [6.45, 7) is 5.61. The van der Waals surface area contributed by atoms with E-state index in [0.717, 1.165) is 38.0 Å². The van der Waals surface area contributed by atoms with Crippen molar-refractivity contribution in [2.24, 2.45) is 4.99 Å². The molecule has 1 aromatic carbocycles. The van der Waals surface area contributed by atoms with Crippen LogP contribution in [0.1, 0.15) is 37.3 Å². The summed E-state index contributed by atoms with van der Waals surface area (Å²) in [5, 5.41) is 6.16. The molecule has 0 saturated carbocycles. The summed E-state index contributed by atoms with van der Waals surface area (Å²) >= 11 is 0. The van der Waals surface area contributed by atoms with Gasteiger partial charge < -0.3 is 20.1 Å². The van der Waals surface area contributed by atoms with Gasteiger partial charge >= 0.3 is 6.18 Å². The summed E-state index contributed by atoms with van der Waals surface area (Å²) in [6.07, 6.45) is -1.18. The summed E-state index contributed by atoms with van der Waals surface area (Å²) in [6, 6.07) is 4.98. The Morgan fingerprint density at radius 3 is 2.93 bits per heavy atom. The highest BCUT2D eigenvalue weighted by Gasteiger charge is 2.30. The van der Waals surface area contributed by atoms with Gasteiger partial charge in [-0.2, -0.15) is 13.2 Å². The van der Waals surface area contributed by atoms with E-state index in [2.05, 4.69) is 27.5 Å². The van der Waals surface area contributed by atoms with E-state index >= 15 is 0 Å². The first-order valence-corrected chi connectivity index (χ1v) is 9.86. The van der Waals surface area contributed by atoms with E-state index in [9.17, 15) is 13.2 Å². The number of guanidine groups is 1. The molecule has 1 aliphatic rings. The van der Waals surface area contributed by atoms with Gasteiger partial charge in [0.1, 0.15) is 0 Å². The van der Waals surface area contributed by atoms with E-state index in [4.69, 9.17) is 9.47 Å². The third-order valence-electron chi connectivity index (χ3n) is 4.16. The van der Waals surface area contributed by atoms with E-state index in [1.54, 1.807) is 6.07 Å². The molecule has 2 N–H and O–H groups in total. The Morgan fingerprint density at radius 1 is 1.34 bits per heavy atom. The third kappa shape index (κ3) is 9.20. The molecule has 0 spiro atoms. The molecule has 1 fully saturated rings. The second-order valence-corrected chi connectivity index (χ2v) is 6.56. The molecule has 29 heavy (non-hydrogen) atoms. The van der Waals surface area contributed by atoms with Crippen LogP contribution in [0.15, 0.2) is 29.3 Å². The number of alkyl halides is 3. The molecule has 0 amide bonds. The molecule has 2 rings (SSSR count). The van der Waals surface area contributed by atoms with Gasteiger partial charge in [-0.3, -0.25) is 4.99 Å². The topological polar surface area (TPSA) is 54.9 Å². The van der Waals surface area contributed by atoms with Gasteiger partial charge in [0.2, 0.25) is 0 Å².